The van der Waals surface area contributed by atoms with Gasteiger partial charge in [0.15, 0.2) is 5.82 Å². The molecule has 12 heteroatoms. The van der Waals surface area contributed by atoms with Crippen LogP contribution in [-0.4, -0.2) is 65.9 Å². The van der Waals surface area contributed by atoms with Gasteiger partial charge in [-0.05, 0) is 44.0 Å². The molecule has 6 rings (SSSR count). The van der Waals surface area contributed by atoms with Gasteiger partial charge in [0.2, 0.25) is 17.8 Å². The van der Waals surface area contributed by atoms with Crippen molar-refractivity contribution in [3.63, 3.8) is 0 Å². The van der Waals surface area contributed by atoms with Crippen LogP contribution in [0.3, 0.4) is 0 Å². The number of ether oxygens (including phenoxy) is 1. The maximum atomic E-state index is 14.2. The molecule has 0 unspecified atom stereocenters. The third kappa shape index (κ3) is 5.22. The van der Waals surface area contributed by atoms with Crippen molar-refractivity contribution in [2.45, 2.75) is 32.2 Å². The zero-order valence-corrected chi connectivity index (χ0v) is 22.2. The normalized spacial score (nSPS) is 14.3. The van der Waals surface area contributed by atoms with Crippen LogP contribution >= 0.6 is 0 Å². The third-order valence-electron chi connectivity index (χ3n) is 6.74. The summed E-state index contributed by atoms with van der Waals surface area (Å²) in [4.78, 5) is 24.3. The van der Waals surface area contributed by atoms with E-state index in [-0.39, 0.29) is 11.9 Å². The molecule has 1 aliphatic rings. The van der Waals surface area contributed by atoms with Gasteiger partial charge in [-0.15, -0.1) is 0 Å². The number of morpholine rings is 1. The molecule has 206 valence electrons. The molecule has 5 aromatic rings. The molecule has 10 nitrogen and oxygen atoms in total. The lowest BCUT2D eigenvalue weighted by Crippen LogP contribution is -2.39. The monoisotopic (exact) mass is 545 g/mol. The lowest BCUT2D eigenvalue weighted by Gasteiger charge is -2.30. The zero-order valence-electron chi connectivity index (χ0n) is 22.2. The van der Waals surface area contributed by atoms with Crippen molar-refractivity contribution >= 4 is 22.9 Å². The van der Waals surface area contributed by atoms with Crippen LogP contribution in [0, 0.1) is 0 Å². The van der Waals surface area contributed by atoms with Crippen molar-refractivity contribution in [3.8, 4) is 11.6 Å². The zero-order chi connectivity index (χ0) is 27.7. The van der Waals surface area contributed by atoms with E-state index in [1.165, 1.54) is 4.57 Å². The second kappa shape index (κ2) is 10.6. The fourth-order valence-corrected chi connectivity index (χ4v) is 4.95. The van der Waals surface area contributed by atoms with Crippen LogP contribution in [0.15, 0.2) is 67.3 Å². The Morgan fingerprint density at radius 2 is 1.70 bits per heavy atom. The molecule has 0 saturated carbocycles. The Morgan fingerprint density at radius 3 is 2.48 bits per heavy atom. The Kier molecular flexibility index (Phi) is 6.84. The van der Waals surface area contributed by atoms with Gasteiger partial charge in [-0.1, -0.05) is 30.3 Å². The van der Waals surface area contributed by atoms with Gasteiger partial charge >= 0.3 is 0 Å². The van der Waals surface area contributed by atoms with E-state index in [2.05, 4.69) is 31.3 Å². The summed E-state index contributed by atoms with van der Waals surface area (Å²) in [5.74, 6) is 0.343. The predicted molar refractivity (Wildman–Crippen MR) is 147 cm³/mol. The Morgan fingerprint density at radius 1 is 0.950 bits per heavy atom. The second-order valence-corrected chi connectivity index (χ2v) is 10.2. The van der Waals surface area contributed by atoms with Crippen molar-refractivity contribution in [2.75, 3.05) is 36.5 Å². The first-order chi connectivity index (χ1) is 19.4. The van der Waals surface area contributed by atoms with E-state index in [0.29, 0.717) is 49.7 Å². The molecule has 1 fully saturated rings. The van der Waals surface area contributed by atoms with Gasteiger partial charge in [0, 0.05) is 36.7 Å². The lowest BCUT2D eigenvalue weighted by molar-refractivity contribution is 0.122. The highest BCUT2D eigenvalue weighted by atomic mass is 19.3. The Balaban J connectivity index is 1.40. The number of nitrogens with zero attached hydrogens (tertiary/aromatic N) is 8. The number of hydrogen-bond donors (Lipinski definition) is 1. The highest BCUT2D eigenvalue weighted by Crippen LogP contribution is 2.29. The molecule has 0 atom stereocenters. The number of alkyl halides is 2. The van der Waals surface area contributed by atoms with Crippen molar-refractivity contribution in [2.24, 2.45) is 0 Å². The smallest absolute Gasteiger partial charge is 0.296 e. The number of halogens is 2. The molecule has 0 aliphatic carbocycles. The molecule has 2 aromatic carbocycles. The van der Waals surface area contributed by atoms with Gasteiger partial charge in [0.1, 0.15) is 0 Å². The van der Waals surface area contributed by atoms with Crippen molar-refractivity contribution in [1.82, 2.24) is 34.1 Å². The number of imidazole rings is 2. The topological polar surface area (TPSA) is 98.8 Å². The van der Waals surface area contributed by atoms with Crippen molar-refractivity contribution < 1.29 is 13.5 Å². The minimum Gasteiger partial charge on any atom is -0.378 e. The highest BCUT2D eigenvalue weighted by molar-refractivity contribution is 5.77. The summed E-state index contributed by atoms with van der Waals surface area (Å²) in [7, 11) is 0. The summed E-state index contributed by atoms with van der Waals surface area (Å²) in [6, 6.07) is 15.1. The van der Waals surface area contributed by atoms with Gasteiger partial charge in [0.05, 0.1) is 30.6 Å². The standard InChI is InChI=1S/C28H29F2N9O/c1-28(2,17-19-7-3-5-9-21(19)38-12-11-31-18-38)36-25-33-26(37-13-15-40-16-14-37)35-27(34-25)39-22-10-6-4-8-20(22)32-24(39)23(29)30/h3-12,18,23H,13-17H2,1-2H3,(H,33,34,35,36). The number of para-hydroxylation sites is 3. The summed E-state index contributed by atoms with van der Waals surface area (Å²) >= 11 is 0. The van der Waals surface area contributed by atoms with E-state index < -0.39 is 17.8 Å². The van der Waals surface area contributed by atoms with Crippen molar-refractivity contribution in [1.29, 1.82) is 0 Å². The predicted octanol–water partition coefficient (Wildman–Crippen LogP) is 4.60. The van der Waals surface area contributed by atoms with Crippen LogP contribution in [0.4, 0.5) is 20.7 Å². The summed E-state index contributed by atoms with van der Waals surface area (Å²) < 4.78 is 37.1. The molecule has 40 heavy (non-hydrogen) atoms. The Labute approximate surface area is 229 Å². The molecule has 0 spiro atoms. The molecule has 0 bridgehead atoms. The molecule has 1 saturated heterocycles. The van der Waals surface area contributed by atoms with E-state index in [0.717, 1.165) is 11.3 Å². The molecule has 0 amide bonds. The SMILES string of the molecule is CC(C)(Cc1ccccc1-n1ccnc1)Nc1nc(N2CCOCC2)nc(-n2c(C(F)F)nc3ccccc32)n1. The molecule has 1 N–H and O–H groups in total. The first kappa shape index (κ1) is 25.8. The minimum absolute atomic E-state index is 0.0811. The number of anilines is 2. The fraction of sp³-hybridized carbons (Fsp3) is 0.321. The Hall–Kier alpha value is -4.45. The van der Waals surface area contributed by atoms with Crippen LogP contribution < -0.4 is 10.2 Å². The van der Waals surface area contributed by atoms with E-state index in [1.54, 1.807) is 36.8 Å². The lowest BCUT2D eigenvalue weighted by atomic mass is 9.94. The highest BCUT2D eigenvalue weighted by Gasteiger charge is 2.27. The third-order valence-corrected chi connectivity index (χ3v) is 6.74. The number of rotatable bonds is 8. The number of nitrogens with one attached hydrogen (secondary N) is 1. The average molecular weight is 546 g/mol. The fourth-order valence-electron chi connectivity index (χ4n) is 4.95. The first-order valence-electron chi connectivity index (χ1n) is 13.1. The average Bonchev–Trinajstić information content (AvgIpc) is 3.62. The van der Waals surface area contributed by atoms with Gasteiger partial charge in [-0.25, -0.2) is 18.7 Å². The summed E-state index contributed by atoms with van der Waals surface area (Å²) in [5.41, 5.74) is 2.54. The van der Waals surface area contributed by atoms with E-state index in [1.807, 2.05) is 47.7 Å². The van der Waals surface area contributed by atoms with Gasteiger partial charge in [0.25, 0.3) is 6.43 Å². The molecule has 4 heterocycles. The van der Waals surface area contributed by atoms with Gasteiger partial charge < -0.3 is 19.5 Å². The summed E-state index contributed by atoms with van der Waals surface area (Å²) in [5, 5.41) is 3.45. The first-order valence-corrected chi connectivity index (χ1v) is 13.1. The van der Waals surface area contributed by atoms with Crippen LogP contribution in [0.1, 0.15) is 31.7 Å². The van der Waals surface area contributed by atoms with E-state index in [9.17, 15) is 8.78 Å². The quantitative estimate of drug-likeness (QED) is 0.302. The molecular formula is C28H29F2N9O. The molecule has 1 aliphatic heterocycles. The maximum absolute atomic E-state index is 14.2. The maximum Gasteiger partial charge on any atom is 0.296 e. The number of fused-ring (bicyclic) bond motifs is 1. The van der Waals surface area contributed by atoms with Crippen LogP contribution in [0.2, 0.25) is 0 Å². The van der Waals surface area contributed by atoms with Crippen LogP contribution in [-0.2, 0) is 11.2 Å². The molecule has 0 radical (unpaired) electrons. The largest absolute Gasteiger partial charge is 0.378 e. The second-order valence-electron chi connectivity index (χ2n) is 10.2. The number of benzene rings is 2. The van der Waals surface area contributed by atoms with Crippen molar-refractivity contribution in [3.05, 3.63) is 78.6 Å². The summed E-state index contributed by atoms with van der Waals surface area (Å²) in [6.45, 7) is 6.31. The summed E-state index contributed by atoms with van der Waals surface area (Å²) in [6.07, 6.45) is 3.23. The number of aromatic nitrogens is 7. The minimum atomic E-state index is -2.82. The molecule has 3 aromatic heterocycles. The van der Waals surface area contributed by atoms with Gasteiger partial charge in [-0.2, -0.15) is 15.0 Å². The molecular weight excluding hydrogens is 516 g/mol. The van der Waals surface area contributed by atoms with E-state index in [4.69, 9.17) is 9.72 Å². The Bertz CT molecular complexity index is 1610. The van der Waals surface area contributed by atoms with E-state index >= 15 is 0 Å². The van der Waals surface area contributed by atoms with Gasteiger partial charge in [-0.3, -0.25) is 4.57 Å². The van der Waals surface area contributed by atoms with Crippen LogP contribution in [0.25, 0.3) is 22.7 Å². The van der Waals surface area contributed by atoms with Crippen LogP contribution in [0.5, 0.6) is 0 Å². The number of hydrogen-bond acceptors (Lipinski definition) is 8.